The Kier molecular flexibility index (Phi) is 9.84. The van der Waals surface area contributed by atoms with Gasteiger partial charge in [0.2, 0.25) is 0 Å². The average molecular weight is 499 g/mol. The van der Waals surface area contributed by atoms with E-state index in [2.05, 4.69) is 16.9 Å². The molecule has 0 unspecified atom stereocenters. The Bertz CT molecular complexity index is 1040. The molecular formula is C27H34N2O7. The maximum Gasteiger partial charge on any atom is 0.331 e. The summed E-state index contributed by atoms with van der Waals surface area (Å²) in [6.45, 7) is 8.61. The molecule has 1 amide bonds. The van der Waals surface area contributed by atoms with Gasteiger partial charge in [-0.05, 0) is 31.7 Å². The number of pyridine rings is 1. The van der Waals surface area contributed by atoms with Crippen LogP contribution in [0.1, 0.15) is 29.9 Å². The van der Waals surface area contributed by atoms with Gasteiger partial charge in [-0.2, -0.15) is 0 Å². The van der Waals surface area contributed by atoms with Gasteiger partial charge in [-0.15, -0.1) is 0 Å². The monoisotopic (exact) mass is 498 g/mol. The normalized spacial score (nSPS) is 22.5. The molecule has 2 N–H and O–H groups in total. The van der Waals surface area contributed by atoms with Gasteiger partial charge < -0.3 is 29.4 Å². The Labute approximate surface area is 211 Å². The lowest BCUT2D eigenvalue weighted by Crippen LogP contribution is -2.46. The van der Waals surface area contributed by atoms with E-state index in [0.717, 1.165) is 11.1 Å². The second kappa shape index (κ2) is 13.0. The number of carbonyl (C=O) groups excluding carboxylic acids is 2. The second-order valence-corrected chi connectivity index (χ2v) is 9.00. The first kappa shape index (κ1) is 27.2. The summed E-state index contributed by atoms with van der Waals surface area (Å²) < 4.78 is 22.6. The van der Waals surface area contributed by atoms with E-state index in [1.807, 2.05) is 44.2 Å². The fourth-order valence-electron chi connectivity index (χ4n) is 4.13. The lowest BCUT2D eigenvalue weighted by atomic mass is 9.84. The standard InChI is InChI=1S/C27H34N2O7/c1-17(2)13-34-15-21-18(3)36-27(32)22(16-35-14-20(21)12-19-8-6-5-7-9-19)29-26(31)24-25(30)23(33-4)10-11-28-24/h5-11,18,20-22,30H,1,12-16H2,2-4H3,(H,29,31)/t18-,20-,21-,22-/m0/s1. The maximum absolute atomic E-state index is 13.0. The number of carbonyl (C=O) groups is 2. The molecule has 3 rings (SSSR count). The Morgan fingerprint density at radius 2 is 2.00 bits per heavy atom. The van der Waals surface area contributed by atoms with Crippen molar-refractivity contribution in [2.75, 3.05) is 33.5 Å². The minimum absolute atomic E-state index is 0.00105. The fourth-order valence-corrected chi connectivity index (χ4v) is 4.13. The van der Waals surface area contributed by atoms with Gasteiger partial charge >= 0.3 is 5.97 Å². The molecule has 0 bridgehead atoms. The molecule has 1 aromatic carbocycles. The zero-order valence-corrected chi connectivity index (χ0v) is 20.9. The molecule has 2 aromatic rings. The van der Waals surface area contributed by atoms with Crippen LogP contribution in [0.3, 0.4) is 0 Å². The van der Waals surface area contributed by atoms with Gasteiger partial charge in [-0.3, -0.25) is 4.79 Å². The number of aromatic nitrogens is 1. The van der Waals surface area contributed by atoms with Crippen LogP contribution in [0.25, 0.3) is 0 Å². The van der Waals surface area contributed by atoms with Crippen molar-refractivity contribution in [1.29, 1.82) is 0 Å². The number of amides is 1. The molecule has 194 valence electrons. The van der Waals surface area contributed by atoms with E-state index in [1.54, 1.807) is 0 Å². The molecule has 1 saturated heterocycles. The number of aromatic hydroxyl groups is 1. The highest BCUT2D eigenvalue weighted by Gasteiger charge is 2.35. The molecule has 9 heteroatoms. The van der Waals surface area contributed by atoms with Gasteiger partial charge in [0.15, 0.2) is 23.2 Å². The Balaban J connectivity index is 1.77. The molecule has 1 aliphatic heterocycles. The largest absolute Gasteiger partial charge is 0.503 e. The predicted molar refractivity (Wildman–Crippen MR) is 133 cm³/mol. The van der Waals surface area contributed by atoms with Gasteiger partial charge in [-0.25, -0.2) is 9.78 Å². The second-order valence-electron chi connectivity index (χ2n) is 9.00. The molecule has 4 atom stereocenters. The molecule has 36 heavy (non-hydrogen) atoms. The summed E-state index contributed by atoms with van der Waals surface area (Å²) in [6, 6.07) is 10.4. The number of nitrogens with one attached hydrogen (secondary N) is 1. The zero-order chi connectivity index (χ0) is 26.1. The number of methoxy groups -OCH3 is 1. The molecular weight excluding hydrogens is 464 g/mol. The quantitative estimate of drug-likeness (QED) is 0.401. The van der Waals surface area contributed by atoms with Crippen molar-refractivity contribution >= 4 is 11.9 Å². The highest BCUT2D eigenvalue weighted by atomic mass is 16.6. The summed E-state index contributed by atoms with van der Waals surface area (Å²) in [6.07, 6.45) is 1.54. The predicted octanol–water partition coefficient (Wildman–Crippen LogP) is 2.92. The van der Waals surface area contributed by atoms with E-state index in [-0.39, 0.29) is 29.9 Å². The lowest BCUT2D eigenvalue weighted by Gasteiger charge is -2.30. The number of rotatable bonds is 9. The SMILES string of the molecule is C=C(C)COC[C@@H]1[C@@H](Cc2ccccc2)COC[C@H](NC(=O)c2nccc(OC)c2O)C(=O)O[C@H]1C. The molecule has 0 spiro atoms. The van der Waals surface area contributed by atoms with Gasteiger partial charge in [0.1, 0.15) is 6.10 Å². The van der Waals surface area contributed by atoms with Gasteiger partial charge in [-0.1, -0.05) is 42.5 Å². The summed E-state index contributed by atoms with van der Waals surface area (Å²) in [5, 5.41) is 12.8. The summed E-state index contributed by atoms with van der Waals surface area (Å²) in [4.78, 5) is 29.7. The summed E-state index contributed by atoms with van der Waals surface area (Å²) in [5.41, 5.74) is 1.78. The van der Waals surface area contributed by atoms with E-state index in [4.69, 9.17) is 18.9 Å². The zero-order valence-electron chi connectivity index (χ0n) is 20.9. The van der Waals surface area contributed by atoms with Gasteiger partial charge in [0.25, 0.3) is 5.91 Å². The Morgan fingerprint density at radius 1 is 1.25 bits per heavy atom. The highest BCUT2D eigenvalue weighted by molar-refractivity contribution is 5.98. The molecule has 1 aromatic heterocycles. The van der Waals surface area contributed by atoms with E-state index in [9.17, 15) is 14.7 Å². The van der Waals surface area contributed by atoms with Crippen molar-refractivity contribution in [3.05, 3.63) is 66.0 Å². The van der Waals surface area contributed by atoms with E-state index < -0.39 is 29.8 Å². The molecule has 2 heterocycles. The van der Waals surface area contributed by atoms with Gasteiger partial charge in [0, 0.05) is 18.2 Å². The first-order valence-corrected chi connectivity index (χ1v) is 11.9. The average Bonchev–Trinajstić information content (AvgIpc) is 2.90. The van der Waals surface area contributed by atoms with Crippen molar-refractivity contribution in [3.8, 4) is 11.5 Å². The van der Waals surface area contributed by atoms with E-state index >= 15 is 0 Å². The number of nitrogens with zero attached hydrogens (tertiary/aromatic N) is 1. The highest BCUT2D eigenvalue weighted by Crippen LogP contribution is 2.28. The summed E-state index contributed by atoms with van der Waals surface area (Å²) in [7, 11) is 1.37. The van der Waals surface area contributed by atoms with Crippen LogP contribution in [0.2, 0.25) is 0 Å². The molecule has 9 nitrogen and oxygen atoms in total. The molecule has 1 fully saturated rings. The number of ether oxygens (including phenoxy) is 4. The first-order valence-electron chi connectivity index (χ1n) is 11.9. The van der Waals surface area contributed by atoms with Gasteiger partial charge in [0.05, 0.1) is 33.5 Å². The van der Waals surface area contributed by atoms with Crippen LogP contribution >= 0.6 is 0 Å². The van der Waals surface area contributed by atoms with E-state index in [1.165, 1.54) is 19.4 Å². The van der Waals surface area contributed by atoms with Crippen LogP contribution < -0.4 is 10.1 Å². The first-order chi connectivity index (χ1) is 17.3. The number of cyclic esters (lactones) is 1. The van der Waals surface area contributed by atoms with Crippen molar-refractivity contribution in [1.82, 2.24) is 10.3 Å². The van der Waals surface area contributed by atoms with E-state index in [0.29, 0.717) is 26.2 Å². The molecule has 1 aliphatic rings. The van der Waals surface area contributed by atoms with Crippen molar-refractivity contribution in [2.24, 2.45) is 11.8 Å². The van der Waals surface area contributed by atoms with Crippen LogP contribution in [0.5, 0.6) is 11.5 Å². The fraction of sp³-hybridized carbons (Fsp3) is 0.444. The molecule has 0 saturated carbocycles. The number of benzene rings is 1. The van der Waals surface area contributed by atoms with Crippen LogP contribution in [0.15, 0.2) is 54.7 Å². The Hall–Kier alpha value is -3.43. The number of hydrogen-bond acceptors (Lipinski definition) is 8. The molecule has 0 aliphatic carbocycles. The summed E-state index contributed by atoms with van der Waals surface area (Å²) in [5.74, 6) is -1.85. The van der Waals surface area contributed by atoms with Crippen LogP contribution in [-0.4, -0.2) is 67.7 Å². The third-order valence-electron chi connectivity index (χ3n) is 6.04. The minimum atomic E-state index is -1.08. The number of hydrogen-bond donors (Lipinski definition) is 2. The third-order valence-corrected chi connectivity index (χ3v) is 6.04. The van der Waals surface area contributed by atoms with Crippen LogP contribution in [0.4, 0.5) is 0 Å². The van der Waals surface area contributed by atoms with Crippen LogP contribution in [0, 0.1) is 11.8 Å². The molecule has 0 radical (unpaired) electrons. The lowest BCUT2D eigenvalue weighted by molar-refractivity contribution is -0.155. The third kappa shape index (κ3) is 7.29. The van der Waals surface area contributed by atoms with Crippen LogP contribution in [-0.2, 0) is 25.4 Å². The summed E-state index contributed by atoms with van der Waals surface area (Å²) >= 11 is 0. The Morgan fingerprint density at radius 3 is 2.69 bits per heavy atom. The van der Waals surface area contributed by atoms with Crippen molar-refractivity contribution in [2.45, 2.75) is 32.4 Å². The number of esters is 1. The van der Waals surface area contributed by atoms with Crippen molar-refractivity contribution in [3.63, 3.8) is 0 Å². The van der Waals surface area contributed by atoms with Crippen molar-refractivity contribution < 1.29 is 33.6 Å². The topological polar surface area (TPSA) is 116 Å². The maximum atomic E-state index is 13.0. The smallest absolute Gasteiger partial charge is 0.331 e. The minimum Gasteiger partial charge on any atom is -0.503 e.